The second-order valence-corrected chi connectivity index (χ2v) is 9.82. The van der Waals surface area contributed by atoms with E-state index in [1.165, 1.54) is 6.07 Å². The van der Waals surface area contributed by atoms with Crippen LogP contribution in [0.2, 0.25) is 5.02 Å². The molecule has 0 spiro atoms. The van der Waals surface area contributed by atoms with Crippen LogP contribution >= 0.6 is 11.6 Å². The molecule has 3 rings (SSSR count). The number of nitrogens with one attached hydrogen (secondary N) is 2. The van der Waals surface area contributed by atoms with Crippen LogP contribution in [0.25, 0.3) is 0 Å². The Balaban J connectivity index is 1.75. The van der Waals surface area contributed by atoms with Gasteiger partial charge in [-0.15, -0.1) is 0 Å². The number of nitrogen functional groups attached to an aromatic ring is 1. The number of halogens is 4. The van der Waals surface area contributed by atoms with Crippen molar-refractivity contribution in [2.24, 2.45) is 0 Å². The lowest BCUT2D eigenvalue weighted by Gasteiger charge is -2.15. The second kappa shape index (κ2) is 10.0. The number of sulfonamides is 1. The van der Waals surface area contributed by atoms with Crippen molar-refractivity contribution < 1.29 is 31.5 Å². The average Bonchev–Trinajstić information content (AvgIpc) is 2.73. The highest BCUT2D eigenvalue weighted by molar-refractivity contribution is 7.90. The van der Waals surface area contributed by atoms with Gasteiger partial charge in [0.25, 0.3) is 10.0 Å². The number of carbonyl (C=O) groups is 1. The molecule has 0 saturated carbocycles. The maximum atomic E-state index is 13.0. The van der Waals surface area contributed by atoms with Gasteiger partial charge < -0.3 is 16.2 Å². The molecule has 0 fully saturated rings. The van der Waals surface area contributed by atoms with Crippen LogP contribution in [0.1, 0.15) is 22.3 Å². The van der Waals surface area contributed by atoms with Gasteiger partial charge in [0.1, 0.15) is 0 Å². The number of hydrogen-bond donors (Lipinski definition) is 4. The predicted molar refractivity (Wildman–Crippen MR) is 128 cm³/mol. The molecule has 0 aromatic heterocycles. The van der Waals surface area contributed by atoms with E-state index in [0.717, 1.165) is 23.3 Å². The van der Waals surface area contributed by atoms with E-state index >= 15 is 0 Å². The Bertz CT molecular complexity index is 1360. The van der Waals surface area contributed by atoms with Crippen LogP contribution in [-0.2, 0) is 29.0 Å². The summed E-state index contributed by atoms with van der Waals surface area (Å²) < 4.78 is 65.2. The molecule has 0 atom stereocenters. The summed E-state index contributed by atoms with van der Waals surface area (Å²) in [6.45, 7) is 1.80. The van der Waals surface area contributed by atoms with Gasteiger partial charge in [0.05, 0.1) is 26.9 Å². The van der Waals surface area contributed by atoms with Crippen molar-refractivity contribution in [1.82, 2.24) is 4.72 Å². The molecule has 0 heterocycles. The number of benzene rings is 3. The monoisotopic (exact) mass is 527 g/mol. The first-order valence-corrected chi connectivity index (χ1v) is 12.0. The Kier molecular flexibility index (Phi) is 7.51. The van der Waals surface area contributed by atoms with Crippen LogP contribution in [0, 0.1) is 6.92 Å². The quantitative estimate of drug-likeness (QED) is 0.291. The van der Waals surface area contributed by atoms with Crippen molar-refractivity contribution in [3.8, 4) is 0 Å². The van der Waals surface area contributed by atoms with E-state index in [0.29, 0.717) is 24.1 Å². The van der Waals surface area contributed by atoms with Crippen LogP contribution in [0.4, 0.5) is 35.0 Å². The fourth-order valence-corrected chi connectivity index (χ4v) is 4.80. The minimum atomic E-state index is -4.62. The zero-order valence-corrected chi connectivity index (χ0v) is 19.9. The van der Waals surface area contributed by atoms with Gasteiger partial charge in [0.15, 0.2) is 0 Å². The predicted octanol–water partition coefficient (Wildman–Crippen LogP) is 5.73. The van der Waals surface area contributed by atoms with Gasteiger partial charge >= 0.3 is 12.3 Å². The number of carboxylic acid groups (broad SMARTS) is 1. The lowest BCUT2D eigenvalue weighted by molar-refractivity contribution is -0.137. The third-order valence-electron chi connectivity index (χ3n) is 5.09. The van der Waals surface area contributed by atoms with Gasteiger partial charge in [0, 0.05) is 5.69 Å². The van der Waals surface area contributed by atoms with E-state index in [4.69, 9.17) is 22.4 Å². The molecule has 0 aliphatic heterocycles. The van der Waals surface area contributed by atoms with Gasteiger partial charge in [-0.25, -0.2) is 17.9 Å². The minimum Gasteiger partial charge on any atom is -0.464 e. The number of aryl methyl sites for hydroxylation is 3. The number of rotatable bonds is 7. The molecule has 12 heteroatoms. The smallest absolute Gasteiger partial charge is 0.418 e. The van der Waals surface area contributed by atoms with Crippen molar-refractivity contribution in [2.75, 3.05) is 11.1 Å². The van der Waals surface area contributed by atoms with Crippen molar-refractivity contribution in [1.29, 1.82) is 0 Å². The Morgan fingerprint density at radius 2 is 1.71 bits per heavy atom. The zero-order valence-electron chi connectivity index (χ0n) is 18.3. The van der Waals surface area contributed by atoms with Gasteiger partial charge in [-0.1, -0.05) is 41.4 Å². The first-order valence-electron chi connectivity index (χ1n) is 10.1. The molecule has 0 radical (unpaired) electrons. The summed E-state index contributed by atoms with van der Waals surface area (Å²) >= 11 is 5.77. The Morgan fingerprint density at radius 1 is 1.06 bits per heavy atom. The maximum absolute atomic E-state index is 13.0. The minimum absolute atomic E-state index is 0.113. The fraction of sp³-hybridized carbons (Fsp3) is 0.174. The normalized spacial score (nSPS) is 11.8. The van der Waals surface area contributed by atoms with Crippen molar-refractivity contribution in [2.45, 2.75) is 30.8 Å². The Morgan fingerprint density at radius 3 is 2.31 bits per heavy atom. The highest BCUT2D eigenvalue weighted by Crippen LogP contribution is 2.39. The van der Waals surface area contributed by atoms with Crippen molar-refractivity contribution in [3.63, 3.8) is 0 Å². The van der Waals surface area contributed by atoms with E-state index in [2.05, 4.69) is 5.32 Å². The molecule has 186 valence electrons. The second-order valence-electron chi connectivity index (χ2n) is 7.76. The highest BCUT2D eigenvalue weighted by Gasteiger charge is 2.34. The third-order valence-corrected chi connectivity index (χ3v) is 6.82. The van der Waals surface area contributed by atoms with Gasteiger partial charge in [-0.2, -0.15) is 13.2 Å². The number of anilines is 3. The number of nitrogens with two attached hydrogens (primary N) is 1. The molecule has 0 saturated heterocycles. The van der Waals surface area contributed by atoms with Crippen LogP contribution in [-0.4, -0.2) is 19.6 Å². The van der Waals surface area contributed by atoms with Gasteiger partial charge in [0.2, 0.25) is 0 Å². The summed E-state index contributed by atoms with van der Waals surface area (Å²) in [5, 5.41) is 11.3. The molecule has 35 heavy (non-hydrogen) atoms. The zero-order chi connectivity index (χ0) is 26.0. The van der Waals surface area contributed by atoms with E-state index < -0.39 is 32.9 Å². The SMILES string of the molecule is Cc1ccc(S(=O)(=O)NC(=O)O)c(CCc2ccc(Nc3cc(Cl)c(C(F)(F)F)cc3N)cc2)c1. The summed E-state index contributed by atoms with van der Waals surface area (Å²) in [6.07, 6.45) is -5.51. The van der Waals surface area contributed by atoms with E-state index in [1.54, 1.807) is 48.0 Å². The van der Waals surface area contributed by atoms with Crippen molar-refractivity contribution in [3.05, 3.63) is 81.9 Å². The Labute approximate surface area is 204 Å². The van der Waals surface area contributed by atoms with E-state index in [9.17, 15) is 26.4 Å². The molecule has 3 aromatic rings. The molecule has 7 nitrogen and oxygen atoms in total. The van der Waals surface area contributed by atoms with E-state index in [-0.39, 0.29) is 16.3 Å². The number of alkyl halides is 3. The third kappa shape index (κ3) is 6.58. The van der Waals surface area contributed by atoms with Crippen LogP contribution < -0.4 is 15.8 Å². The van der Waals surface area contributed by atoms with Crippen molar-refractivity contribution >= 4 is 44.8 Å². The topological polar surface area (TPSA) is 122 Å². The Hall–Kier alpha value is -3.44. The molecule has 5 N–H and O–H groups in total. The molecule has 1 amide bonds. The maximum Gasteiger partial charge on any atom is 0.418 e. The molecular formula is C23H21ClF3N3O4S. The first-order chi connectivity index (χ1) is 16.3. The molecule has 3 aromatic carbocycles. The standard InChI is InChI=1S/C23H21ClF3N3O4S/c1-13-2-9-21(35(33,34)30-22(31)32)15(10-13)6-3-14-4-7-16(8-5-14)29-20-12-18(24)17(11-19(20)28)23(25,26)27/h2,4-5,7-12,29-30H,3,6,28H2,1H3,(H,31,32). The van der Waals surface area contributed by atoms with Gasteiger partial charge in [-0.3, -0.25) is 0 Å². The summed E-state index contributed by atoms with van der Waals surface area (Å²) in [7, 11) is -4.23. The summed E-state index contributed by atoms with van der Waals surface area (Å²) in [6, 6.07) is 13.4. The lowest BCUT2D eigenvalue weighted by Crippen LogP contribution is -2.29. The fourth-order valence-electron chi connectivity index (χ4n) is 3.44. The molecule has 0 unspecified atom stereocenters. The van der Waals surface area contributed by atoms with E-state index in [1.807, 2.05) is 0 Å². The largest absolute Gasteiger partial charge is 0.464 e. The number of hydrogen-bond acceptors (Lipinski definition) is 5. The lowest BCUT2D eigenvalue weighted by atomic mass is 10.0. The summed E-state index contributed by atoms with van der Waals surface area (Å²) in [5.41, 5.74) is 7.53. The average molecular weight is 528 g/mol. The van der Waals surface area contributed by atoms with Crippen LogP contribution in [0.3, 0.4) is 0 Å². The molecule has 0 bridgehead atoms. The first kappa shape index (κ1) is 26.2. The summed E-state index contributed by atoms with van der Waals surface area (Å²) in [4.78, 5) is 10.7. The van der Waals surface area contributed by atoms with Crippen LogP contribution in [0.15, 0.2) is 59.5 Å². The van der Waals surface area contributed by atoms with Gasteiger partial charge in [-0.05, 0) is 61.2 Å². The molecule has 0 aliphatic carbocycles. The molecular weight excluding hydrogens is 507 g/mol. The number of amides is 1. The van der Waals surface area contributed by atoms with Crippen LogP contribution in [0.5, 0.6) is 0 Å². The summed E-state index contributed by atoms with van der Waals surface area (Å²) in [5.74, 6) is 0. The highest BCUT2D eigenvalue weighted by atomic mass is 35.5. The molecule has 0 aliphatic rings.